The summed E-state index contributed by atoms with van der Waals surface area (Å²) >= 11 is 0. The highest BCUT2D eigenvalue weighted by atomic mass is 16.7. The Hall–Kier alpha value is -1.10. The molecule has 0 saturated carbocycles. The summed E-state index contributed by atoms with van der Waals surface area (Å²) in [6.45, 7) is 2.30. The van der Waals surface area contributed by atoms with Gasteiger partial charge in [-0.25, -0.2) is 4.68 Å². The number of aryl methyl sites for hydroxylation is 1. The Kier molecular flexibility index (Phi) is 6.24. The van der Waals surface area contributed by atoms with E-state index in [-0.39, 0.29) is 13.2 Å². The van der Waals surface area contributed by atoms with E-state index in [1.165, 1.54) is 7.11 Å². The minimum Gasteiger partial charge on any atom is -0.394 e. The van der Waals surface area contributed by atoms with Crippen molar-refractivity contribution in [2.24, 2.45) is 0 Å². The van der Waals surface area contributed by atoms with E-state index in [1.54, 1.807) is 4.68 Å². The Morgan fingerprint density at radius 2 is 2.14 bits per heavy atom. The molecule has 3 N–H and O–H groups in total. The Morgan fingerprint density at radius 3 is 2.73 bits per heavy atom. The fraction of sp³-hybridized carbons (Fsp3) is 0.846. The van der Waals surface area contributed by atoms with Crippen LogP contribution in [0.5, 0.6) is 0 Å². The lowest BCUT2D eigenvalue weighted by Gasteiger charge is -2.41. The van der Waals surface area contributed by atoms with Crippen LogP contribution in [0.3, 0.4) is 0 Å². The molecule has 1 aromatic heterocycles. The lowest BCUT2D eigenvalue weighted by molar-refractivity contribution is -0.304. The SMILES string of the molecule is CCc1cn(CCO[C@@H]2OC(CO)[C@@H](OC)C(O)C2O)nn1. The van der Waals surface area contributed by atoms with Crippen LogP contribution in [0, 0.1) is 0 Å². The first-order valence-corrected chi connectivity index (χ1v) is 7.26. The van der Waals surface area contributed by atoms with Crippen molar-refractivity contribution in [2.75, 3.05) is 20.3 Å². The lowest BCUT2D eigenvalue weighted by Crippen LogP contribution is -2.59. The zero-order chi connectivity index (χ0) is 16.1. The number of ether oxygens (including phenoxy) is 3. The molecule has 3 unspecified atom stereocenters. The van der Waals surface area contributed by atoms with Crippen LogP contribution in [0.2, 0.25) is 0 Å². The number of aliphatic hydroxyl groups is 3. The normalized spacial score (nSPS) is 32.3. The van der Waals surface area contributed by atoms with Gasteiger partial charge in [-0.15, -0.1) is 5.10 Å². The first kappa shape index (κ1) is 17.3. The highest BCUT2D eigenvalue weighted by molar-refractivity contribution is 4.91. The van der Waals surface area contributed by atoms with Crippen LogP contribution in [0.15, 0.2) is 6.20 Å². The number of rotatable bonds is 7. The highest BCUT2D eigenvalue weighted by Crippen LogP contribution is 2.23. The zero-order valence-corrected chi connectivity index (χ0v) is 12.7. The minimum atomic E-state index is -1.25. The van der Waals surface area contributed by atoms with Crippen molar-refractivity contribution >= 4 is 0 Å². The van der Waals surface area contributed by atoms with Crippen molar-refractivity contribution in [2.45, 2.75) is 50.6 Å². The molecule has 1 aromatic rings. The zero-order valence-electron chi connectivity index (χ0n) is 12.7. The molecule has 0 aromatic carbocycles. The maximum absolute atomic E-state index is 10.00. The van der Waals surface area contributed by atoms with Gasteiger partial charge in [0.1, 0.15) is 24.4 Å². The molecule has 0 aliphatic carbocycles. The van der Waals surface area contributed by atoms with Crippen LogP contribution >= 0.6 is 0 Å². The van der Waals surface area contributed by atoms with Crippen LogP contribution < -0.4 is 0 Å². The van der Waals surface area contributed by atoms with Gasteiger partial charge in [0, 0.05) is 13.3 Å². The van der Waals surface area contributed by atoms with Crippen molar-refractivity contribution in [1.82, 2.24) is 15.0 Å². The molecule has 1 saturated heterocycles. The Bertz CT molecular complexity index is 455. The summed E-state index contributed by atoms with van der Waals surface area (Å²) in [6.07, 6.45) is -2.43. The minimum absolute atomic E-state index is 0.219. The monoisotopic (exact) mass is 317 g/mol. The second-order valence-corrected chi connectivity index (χ2v) is 5.10. The van der Waals surface area contributed by atoms with E-state index < -0.39 is 30.7 Å². The molecule has 22 heavy (non-hydrogen) atoms. The number of hydrogen-bond acceptors (Lipinski definition) is 8. The molecule has 9 heteroatoms. The van der Waals surface area contributed by atoms with Gasteiger partial charge in [-0.1, -0.05) is 12.1 Å². The molecule has 1 aliphatic rings. The van der Waals surface area contributed by atoms with Crippen LogP contribution in [0.1, 0.15) is 12.6 Å². The van der Waals surface area contributed by atoms with Gasteiger partial charge in [0.15, 0.2) is 6.29 Å². The van der Waals surface area contributed by atoms with Gasteiger partial charge in [0.2, 0.25) is 0 Å². The van der Waals surface area contributed by atoms with Crippen LogP contribution in [-0.2, 0) is 27.2 Å². The number of aliphatic hydroxyl groups excluding tert-OH is 3. The molecule has 0 bridgehead atoms. The van der Waals surface area contributed by atoms with E-state index >= 15 is 0 Å². The van der Waals surface area contributed by atoms with Crippen molar-refractivity contribution in [3.63, 3.8) is 0 Å². The number of aromatic nitrogens is 3. The van der Waals surface area contributed by atoms with Gasteiger partial charge in [0.05, 0.1) is 25.5 Å². The molecule has 1 aliphatic heterocycles. The van der Waals surface area contributed by atoms with Crippen LogP contribution in [0.4, 0.5) is 0 Å². The maximum Gasteiger partial charge on any atom is 0.186 e. The van der Waals surface area contributed by atoms with Gasteiger partial charge in [-0.2, -0.15) is 0 Å². The van der Waals surface area contributed by atoms with Crippen LogP contribution in [0.25, 0.3) is 0 Å². The van der Waals surface area contributed by atoms with E-state index in [1.807, 2.05) is 13.1 Å². The molecule has 9 nitrogen and oxygen atoms in total. The topological polar surface area (TPSA) is 119 Å². The average molecular weight is 317 g/mol. The largest absolute Gasteiger partial charge is 0.394 e. The van der Waals surface area contributed by atoms with E-state index in [2.05, 4.69) is 10.3 Å². The summed E-state index contributed by atoms with van der Waals surface area (Å²) < 4.78 is 17.6. The average Bonchev–Trinajstić information content (AvgIpc) is 2.99. The molecule has 1 fully saturated rings. The molecule has 126 valence electrons. The highest BCUT2D eigenvalue weighted by Gasteiger charge is 2.45. The van der Waals surface area contributed by atoms with Gasteiger partial charge in [-0.3, -0.25) is 0 Å². The third-order valence-electron chi connectivity index (χ3n) is 3.64. The fourth-order valence-electron chi connectivity index (χ4n) is 2.35. The van der Waals surface area contributed by atoms with Gasteiger partial charge in [-0.05, 0) is 6.42 Å². The summed E-state index contributed by atoms with van der Waals surface area (Å²) in [5, 5.41) is 37.1. The predicted octanol–water partition coefficient (Wildman–Crippen LogP) is -1.69. The molecule has 0 amide bonds. The van der Waals surface area contributed by atoms with Crippen LogP contribution in [-0.4, -0.2) is 81.3 Å². The quantitative estimate of drug-likeness (QED) is 0.545. The molecule has 2 heterocycles. The van der Waals surface area contributed by atoms with E-state index in [9.17, 15) is 15.3 Å². The third-order valence-corrected chi connectivity index (χ3v) is 3.64. The summed E-state index contributed by atoms with van der Waals surface area (Å²) in [7, 11) is 1.38. The summed E-state index contributed by atoms with van der Waals surface area (Å²) in [4.78, 5) is 0. The first-order valence-electron chi connectivity index (χ1n) is 7.26. The number of hydrogen-bond donors (Lipinski definition) is 3. The van der Waals surface area contributed by atoms with Crippen molar-refractivity contribution in [1.29, 1.82) is 0 Å². The Labute approximate surface area is 128 Å². The van der Waals surface area contributed by atoms with Crippen molar-refractivity contribution in [3.8, 4) is 0 Å². The second kappa shape index (κ2) is 7.95. The van der Waals surface area contributed by atoms with Crippen molar-refractivity contribution < 1.29 is 29.5 Å². The number of nitrogens with zero attached hydrogens (tertiary/aromatic N) is 3. The first-order chi connectivity index (χ1) is 10.6. The molecular formula is C13H23N3O6. The molecule has 2 rings (SSSR count). The molecule has 0 radical (unpaired) electrons. The maximum atomic E-state index is 10.00. The molecular weight excluding hydrogens is 294 g/mol. The smallest absolute Gasteiger partial charge is 0.186 e. The van der Waals surface area contributed by atoms with Crippen molar-refractivity contribution in [3.05, 3.63) is 11.9 Å². The van der Waals surface area contributed by atoms with Gasteiger partial charge >= 0.3 is 0 Å². The van der Waals surface area contributed by atoms with E-state index in [0.29, 0.717) is 6.54 Å². The van der Waals surface area contributed by atoms with Gasteiger partial charge < -0.3 is 29.5 Å². The second-order valence-electron chi connectivity index (χ2n) is 5.10. The van der Waals surface area contributed by atoms with E-state index in [0.717, 1.165) is 12.1 Å². The summed E-state index contributed by atoms with van der Waals surface area (Å²) in [5.74, 6) is 0. The fourth-order valence-corrected chi connectivity index (χ4v) is 2.35. The Morgan fingerprint density at radius 1 is 1.36 bits per heavy atom. The Balaban J connectivity index is 1.86. The molecule has 0 spiro atoms. The summed E-state index contributed by atoms with van der Waals surface area (Å²) in [5.41, 5.74) is 0.882. The summed E-state index contributed by atoms with van der Waals surface area (Å²) in [6, 6.07) is 0. The predicted molar refractivity (Wildman–Crippen MR) is 73.9 cm³/mol. The van der Waals surface area contributed by atoms with Gasteiger partial charge in [0.25, 0.3) is 0 Å². The number of methoxy groups -OCH3 is 1. The third kappa shape index (κ3) is 3.80. The standard InChI is InChI=1S/C13H23N3O6/c1-3-8-6-16(15-14-8)4-5-21-13-11(19)10(18)12(20-2)9(7-17)22-13/h6,9-13,17-19H,3-5,7H2,1-2H3/t9?,10?,11?,12-,13-/m1/s1. The molecule has 5 atom stereocenters. The lowest BCUT2D eigenvalue weighted by atomic mass is 9.99. The van der Waals surface area contributed by atoms with E-state index in [4.69, 9.17) is 14.2 Å².